The predicted octanol–water partition coefficient (Wildman–Crippen LogP) is 7.15. The van der Waals surface area contributed by atoms with Crippen molar-refractivity contribution in [2.75, 3.05) is 0 Å². The molecule has 0 spiro atoms. The number of aliphatic carboxylic acids is 1. The minimum atomic E-state index is -0.724. The molecule has 1 atom stereocenters. The van der Waals surface area contributed by atoms with Crippen molar-refractivity contribution in [3.8, 4) is 0 Å². The van der Waals surface area contributed by atoms with Crippen LogP contribution in [0.25, 0.3) is 0 Å². The van der Waals surface area contributed by atoms with Crippen molar-refractivity contribution in [2.24, 2.45) is 17.8 Å². The van der Waals surface area contributed by atoms with E-state index in [0.29, 0.717) is 25.7 Å². The number of carbonyl (C=O) groups excluding carboxylic acids is 1. The fourth-order valence-corrected chi connectivity index (χ4v) is 4.34. The number of unbranched alkanes of at least 4 members (excludes halogenated alkanes) is 7. The molecule has 4 heteroatoms. The smallest absolute Gasteiger partial charge is 0.309 e. The van der Waals surface area contributed by atoms with Crippen molar-refractivity contribution in [3.63, 3.8) is 0 Å². The van der Waals surface area contributed by atoms with E-state index in [1.54, 1.807) is 0 Å². The quantitative estimate of drug-likeness (QED) is 0.217. The van der Waals surface area contributed by atoms with Crippen molar-refractivity contribution in [2.45, 2.75) is 130 Å². The fraction of sp³-hybridized carbons (Fsp3) is 0.920. The molecule has 0 amide bonds. The molecule has 1 N–H and O–H groups in total. The summed E-state index contributed by atoms with van der Waals surface area (Å²) in [5.74, 6) is -0.358. The van der Waals surface area contributed by atoms with Crippen molar-refractivity contribution in [1.82, 2.24) is 0 Å². The van der Waals surface area contributed by atoms with Gasteiger partial charge in [-0.25, -0.2) is 0 Å². The first-order valence-corrected chi connectivity index (χ1v) is 12.4. The van der Waals surface area contributed by atoms with Gasteiger partial charge in [-0.05, 0) is 50.9 Å². The van der Waals surface area contributed by atoms with Crippen molar-refractivity contribution in [3.05, 3.63) is 0 Å². The molecule has 29 heavy (non-hydrogen) atoms. The highest BCUT2D eigenvalue weighted by atomic mass is 16.5. The lowest BCUT2D eigenvalue weighted by Gasteiger charge is -2.27. The molecule has 4 nitrogen and oxygen atoms in total. The first-order valence-electron chi connectivity index (χ1n) is 12.4. The Bertz CT molecular complexity index is 438. The van der Waals surface area contributed by atoms with Crippen LogP contribution in [0.5, 0.6) is 0 Å². The van der Waals surface area contributed by atoms with Crippen LogP contribution in [0.4, 0.5) is 0 Å². The summed E-state index contributed by atoms with van der Waals surface area (Å²) in [6, 6.07) is 0. The number of carboxylic acid groups (broad SMARTS) is 1. The third-order valence-electron chi connectivity index (χ3n) is 6.38. The molecule has 0 heterocycles. The van der Waals surface area contributed by atoms with Crippen LogP contribution < -0.4 is 0 Å². The number of hydrogen-bond donors (Lipinski definition) is 1. The van der Waals surface area contributed by atoms with Gasteiger partial charge in [-0.15, -0.1) is 0 Å². The monoisotopic (exact) mass is 410 g/mol. The molecule has 0 aromatic rings. The molecule has 1 rings (SSSR count). The minimum absolute atomic E-state index is 0.0469. The van der Waals surface area contributed by atoms with Gasteiger partial charge in [0.15, 0.2) is 0 Å². The molecule has 1 saturated carbocycles. The molecule has 0 aromatic heterocycles. The standard InChI is InChI=1S/C25H46O4/c1-4-5-14-23(15-12-10-8-6-7-9-11-13-20(2)3)29-25(28)22-18-16-21(17-19-22)24(26)27/h20-23H,4-19H2,1-3H3,(H,26,27). The maximum Gasteiger partial charge on any atom is 0.309 e. The van der Waals surface area contributed by atoms with E-state index in [4.69, 9.17) is 9.84 Å². The van der Waals surface area contributed by atoms with Crippen LogP contribution in [0, 0.1) is 17.8 Å². The highest BCUT2D eigenvalue weighted by Gasteiger charge is 2.31. The van der Waals surface area contributed by atoms with Gasteiger partial charge in [0, 0.05) is 0 Å². The van der Waals surface area contributed by atoms with Gasteiger partial charge in [-0.2, -0.15) is 0 Å². The Kier molecular flexibility index (Phi) is 14.1. The average Bonchev–Trinajstić information content (AvgIpc) is 2.70. The molecule has 0 aliphatic heterocycles. The number of esters is 1. The Labute approximate surface area is 179 Å². The highest BCUT2D eigenvalue weighted by Crippen LogP contribution is 2.30. The topological polar surface area (TPSA) is 63.6 Å². The second-order valence-corrected chi connectivity index (χ2v) is 9.53. The molecule has 170 valence electrons. The molecule has 1 unspecified atom stereocenters. The summed E-state index contributed by atoms with van der Waals surface area (Å²) in [5, 5.41) is 9.11. The molecule has 1 aliphatic rings. The Morgan fingerprint density at radius 2 is 1.28 bits per heavy atom. The number of hydrogen-bond acceptors (Lipinski definition) is 3. The van der Waals surface area contributed by atoms with Crippen molar-refractivity contribution >= 4 is 11.9 Å². The largest absolute Gasteiger partial charge is 0.481 e. The van der Waals surface area contributed by atoms with Crippen LogP contribution in [0.2, 0.25) is 0 Å². The highest BCUT2D eigenvalue weighted by molar-refractivity contribution is 5.74. The first-order chi connectivity index (χ1) is 13.9. The zero-order valence-corrected chi connectivity index (χ0v) is 19.3. The Balaban J connectivity index is 2.21. The zero-order valence-electron chi connectivity index (χ0n) is 19.3. The van der Waals surface area contributed by atoms with Gasteiger partial charge < -0.3 is 9.84 Å². The van der Waals surface area contributed by atoms with Crippen LogP contribution >= 0.6 is 0 Å². The summed E-state index contributed by atoms with van der Waals surface area (Å²) in [6.45, 7) is 6.76. The van der Waals surface area contributed by atoms with E-state index >= 15 is 0 Å². The molecular weight excluding hydrogens is 364 g/mol. The van der Waals surface area contributed by atoms with Crippen LogP contribution in [0.1, 0.15) is 124 Å². The van der Waals surface area contributed by atoms with Gasteiger partial charge in [0.1, 0.15) is 6.10 Å². The SMILES string of the molecule is CCCCC(CCCCCCCCCC(C)C)OC(=O)C1CCC(C(=O)O)CC1. The van der Waals surface area contributed by atoms with E-state index in [1.807, 2.05) is 0 Å². The van der Waals surface area contributed by atoms with Gasteiger partial charge in [0.25, 0.3) is 0 Å². The van der Waals surface area contributed by atoms with Crippen molar-refractivity contribution < 1.29 is 19.4 Å². The van der Waals surface area contributed by atoms with Crippen LogP contribution in [-0.4, -0.2) is 23.1 Å². The summed E-state index contributed by atoms with van der Waals surface area (Å²) in [5.41, 5.74) is 0. The fourth-order valence-electron chi connectivity index (χ4n) is 4.34. The van der Waals surface area contributed by atoms with E-state index in [0.717, 1.165) is 38.0 Å². The molecule has 0 bridgehead atoms. The lowest BCUT2D eigenvalue weighted by atomic mass is 9.82. The molecule has 0 radical (unpaired) electrons. The minimum Gasteiger partial charge on any atom is -0.481 e. The normalized spacial score (nSPS) is 20.6. The van der Waals surface area contributed by atoms with Gasteiger partial charge in [0.2, 0.25) is 0 Å². The molecular formula is C25H46O4. The van der Waals surface area contributed by atoms with Crippen molar-refractivity contribution in [1.29, 1.82) is 0 Å². The molecule has 0 saturated heterocycles. The van der Waals surface area contributed by atoms with E-state index in [9.17, 15) is 9.59 Å². The van der Waals surface area contributed by atoms with E-state index in [-0.39, 0.29) is 23.9 Å². The van der Waals surface area contributed by atoms with Crippen LogP contribution in [0.15, 0.2) is 0 Å². The summed E-state index contributed by atoms with van der Waals surface area (Å²) < 4.78 is 5.88. The number of carboxylic acids is 1. The van der Waals surface area contributed by atoms with Gasteiger partial charge in [0.05, 0.1) is 11.8 Å². The number of carbonyl (C=O) groups is 2. The second kappa shape index (κ2) is 15.7. The summed E-state index contributed by atoms with van der Waals surface area (Å²) in [7, 11) is 0. The first kappa shape index (κ1) is 26.0. The van der Waals surface area contributed by atoms with Gasteiger partial charge >= 0.3 is 11.9 Å². The summed E-state index contributed by atoms with van der Waals surface area (Å²) in [4.78, 5) is 23.6. The average molecular weight is 411 g/mol. The lowest BCUT2D eigenvalue weighted by molar-refractivity contribution is -0.158. The second-order valence-electron chi connectivity index (χ2n) is 9.53. The third-order valence-corrected chi connectivity index (χ3v) is 6.38. The van der Waals surface area contributed by atoms with E-state index in [2.05, 4.69) is 20.8 Å². The molecule has 1 aliphatic carbocycles. The number of rotatable bonds is 16. The maximum atomic E-state index is 12.6. The van der Waals surface area contributed by atoms with E-state index < -0.39 is 5.97 Å². The Morgan fingerprint density at radius 1 is 0.793 bits per heavy atom. The Hall–Kier alpha value is -1.06. The van der Waals surface area contributed by atoms with Gasteiger partial charge in [-0.1, -0.05) is 78.6 Å². The van der Waals surface area contributed by atoms with Gasteiger partial charge in [-0.3, -0.25) is 9.59 Å². The summed E-state index contributed by atoms with van der Waals surface area (Å²) >= 11 is 0. The molecule has 0 aromatic carbocycles. The lowest BCUT2D eigenvalue weighted by Crippen LogP contribution is -2.29. The Morgan fingerprint density at radius 3 is 1.79 bits per heavy atom. The maximum absolute atomic E-state index is 12.6. The molecule has 1 fully saturated rings. The summed E-state index contributed by atoms with van der Waals surface area (Å²) in [6.07, 6.45) is 17.1. The van der Waals surface area contributed by atoms with Crippen LogP contribution in [0.3, 0.4) is 0 Å². The number of ether oxygens (including phenoxy) is 1. The van der Waals surface area contributed by atoms with E-state index in [1.165, 1.54) is 44.9 Å². The van der Waals surface area contributed by atoms with Crippen LogP contribution in [-0.2, 0) is 14.3 Å². The third kappa shape index (κ3) is 12.3. The zero-order chi connectivity index (χ0) is 21.5. The predicted molar refractivity (Wildman–Crippen MR) is 119 cm³/mol.